The molecule has 0 fully saturated rings. The predicted octanol–water partition coefficient (Wildman–Crippen LogP) is 1.88. The Morgan fingerprint density at radius 3 is 2.31 bits per heavy atom. The van der Waals surface area contributed by atoms with Crippen LogP contribution in [-0.2, 0) is 9.53 Å². The Bertz CT molecular complexity index is 146. The van der Waals surface area contributed by atoms with Crippen LogP contribution in [0.1, 0.15) is 52.9 Å². The molecule has 4 heteroatoms. The molecule has 0 aromatic carbocycles. The van der Waals surface area contributed by atoms with Crippen LogP contribution in [0.4, 0.5) is 0 Å². The SMILES string of the molecule is CC(O)CCCCO.CCCCOC(C)=O. The Kier molecular flexibility index (Phi) is 16.0. The third-order valence-electron chi connectivity index (χ3n) is 1.83. The zero-order valence-corrected chi connectivity index (χ0v) is 10.7. The quantitative estimate of drug-likeness (QED) is 0.521. The molecule has 2 N–H and O–H groups in total. The highest BCUT2D eigenvalue weighted by molar-refractivity contribution is 5.65. The number of ether oxygens (including phenoxy) is 1. The van der Waals surface area contributed by atoms with E-state index in [1.54, 1.807) is 6.92 Å². The summed E-state index contributed by atoms with van der Waals surface area (Å²) in [6.45, 7) is 6.06. The highest BCUT2D eigenvalue weighted by Gasteiger charge is 1.92. The van der Waals surface area contributed by atoms with Crippen LogP contribution in [0.2, 0.25) is 0 Å². The Labute approximate surface area is 98.6 Å². The molecule has 0 aliphatic heterocycles. The fraction of sp³-hybridized carbons (Fsp3) is 0.917. The second-order valence-corrected chi connectivity index (χ2v) is 3.76. The smallest absolute Gasteiger partial charge is 0.302 e. The molecule has 0 amide bonds. The van der Waals surface area contributed by atoms with Crippen LogP contribution in [0.15, 0.2) is 0 Å². The fourth-order valence-corrected chi connectivity index (χ4v) is 0.912. The van der Waals surface area contributed by atoms with Gasteiger partial charge in [-0.3, -0.25) is 4.79 Å². The molecule has 1 atom stereocenters. The number of rotatable bonds is 7. The van der Waals surface area contributed by atoms with Gasteiger partial charge in [0.25, 0.3) is 0 Å². The maximum Gasteiger partial charge on any atom is 0.302 e. The molecule has 0 bridgehead atoms. The first-order chi connectivity index (χ1) is 7.54. The van der Waals surface area contributed by atoms with Gasteiger partial charge in [-0.15, -0.1) is 0 Å². The molecule has 0 spiro atoms. The number of esters is 1. The van der Waals surface area contributed by atoms with Crippen molar-refractivity contribution in [1.82, 2.24) is 0 Å². The summed E-state index contributed by atoms with van der Waals surface area (Å²) in [5.74, 6) is -0.182. The van der Waals surface area contributed by atoms with E-state index in [-0.39, 0.29) is 18.7 Å². The lowest BCUT2D eigenvalue weighted by atomic mass is 10.2. The van der Waals surface area contributed by atoms with Gasteiger partial charge in [-0.1, -0.05) is 13.3 Å². The molecule has 16 heavy (non-hydrogen) atoms. The number of aliphatic hydroxyl groups excluding tert-OH is 2. The van der Waals surface area contributed by atoms with Crippen molar-refractivity contribution in [2.45, 2.75) is 59.0 Å². The van der Waals surface area contributed by atoms with Crippen LogP contribution in [0.3, 0.4) is 0 Å². The number of aliphatic hydroxyl groups is 2. The first-order valence-corrected chi connectivity index (χ1v) is 5.96. The van der Waals surface area contributed by atoms with Gasteiger partial charge in [-0.25, -0.2) is 0 Å². The zero-order valence-electron chi connectivity index (χ0n) is 10.7. The lowest BCUT2D eigenvalue weighted by Crippen LogP contribution is -1.99. The molecule has 0 heterocycles. The van der Waals surface area contributed by atoms with Gasteiger partial charge in [0, 0.05) is 13.5 Å². The second kappa shape index (κ2) is 14.4. The third kappa shape index (κ3) is 23.3. The van der Waals surface area contributed by atoms with Crippen LogP contribution < -0.4 is 0 Å². The van der Waals surface area contributed by atoms with Gasteiger partial charge in [0.1, 0.15) is 0 Å². The number of carbonyl (C=O) groups excluding carboxylic acids is 1. The van der Waals surface area contributed by atoms with Crippen LogP contribution in [0.25, 0.3) is 0 Å². The van der Waals surface area contributed by atoms with Crippen LogP contribution in [-0.4, -0.2) is 35.5 Å². The van der Waals surface area contributed by atoms with Crippen LogP contribution >= 0.6 is 0 Å². The van der Waals surface area contributed by atoms with Crippen molar-refractivity contribution in [3.05, 3.63) is 0 Å². The van der Waals surface area contributed by atoms with Gasteiger partial charge in [0.15, 0.2) is 0 Å². The zero-order chi connectivity index (χ0) is 12.8. The summed E-state index contributed by atoms with van der Waals surface area (Å²) in [5.41, 5.74) is 0. The van der Waals surface area contributed by atoms with Crippen molar-refractivity contribution < 1.29 is 19.7 Å². The van der Waals surface area contributed by atoms with Gasteiger partial charge in [0.05, 0.1) is 12.7 Å². The first kappa shape index (κ1) is 17.8. The maximum absolute atomic E-state index is 10.1. The Hall–Kier alpha value is -0.610. The molecule has 0 aromatic rings. The Morgan fingerprint density at radius 1 is 1.31 bits per heavy atom. The van der Waals surface area contributed by atoms with Crippen molar-refractivity contribution in [1.29, 1.82) is 0 Å². The molecule has 0 saturated carbocycles. The Balaban J connectivity index is 0. The first-order valence-electron chi connectivity index (χ1n) is 5.96. The highest BCUT2D eigenvalue weighted by Crippen LogP contribution is 1.97. The minimum absolute atomic E-state index is 0.182. The molecular formula is C12H26O4. The standard InChI is InChI=1S/C6H14O2.C6H12O2/c1-6(8)4-2-3-5-7;1-3-4-5-8-6(2)7/h6-8H,2-5H2,1H3;3-5H2,1-2H3. The molecule has 4 nitrogen and oxygen atoms in total. The van der Waals surface area contributed by atoms with E-state index < -0.39 is 0 Å². The summed E-state index contributed by atoms with van der Waals surface area (Å²) < 4.78 is 4.64. The van der Waals surface area contributed by atoms with E-state index in [1.807, 2.05) is 0 Å². The van der Waals surface area contributed by atoms with Crippen LogP contribution in [0, 0.1) is 0 Å². The summed E-state index contributed by atoms with van der Waals surface area (Å²) >= 11 is 0. The summed E-state index contributed by atoms with van der Waals surface area (Å²) in [5, 5.41) is 17.0. The second-order valence-electron chi connectivity index (χ2n) is 3.76. The van der Waals surface area contributed by atoms with E-state index in [4.69, 9.17) is 10.2 Å². The topological polar surface area (TPSA) is 66.8 Å². The van der Waals surface area contributed by atoms with Gasteiger partial charge >= 0.3 is 5.97 Å². The van der Waals surface area contributed by atoms with E-state index in [1.165, 1.54) is 6.92 Å². The summed E-state index contributed by atoms with van der Waals surface area (Å²) in [4.78, 5) is 10.1. The van der Waals surface area contributed by atoms with Crippen molar-refractivity contribution in [2.24, 2.45) is 0 Å². The van der Waals surface area contributed by atoms with E-state index >= 15 is 0 Å². The van der Waals surface area contributed by atoms with Gasteiger partial charge in [-0.05, 0) is 32.6 Å². The highest BCUT2D eigenvalue weighted by atomic mass is 16.5. The molecule has 0 saturated heterocycles. The van der Waals surface area contributed by atoms with Crippen molar-refractivity contribution in [2.75, 3.05) is 13.2 Å². The monoisotopic (exact) mass is 234 g/mol. The number of carbonyl (C=O) groups is 1. The normalized spacial score (nSPS) is 11.3. The number of hydrogen-bond donors (Lipinski definition) is 2. The van der Waals surface area contributed by atoms with Gasteiger partial charge < -0.3 is 14.9 Å². The van der Waals surface area contributed by atoms with E-state index in [9.17, 15) is 4.79 Å². The minimum Gasteiger partial charge on any atom is -0.466 e. The fourth-order valence-electron chi connectivity index (χ4n) is 0.912. The van der Waals surface area contributed by atoms with E-state index in [0.717, 1.165) is 32.1 Å². The van der Waals surface area contributed by atoms with Gasteiger partial charge in [0.2, 0.25) is 0 Å². The van der Waals surface area contributed by atoms with Crippen molar-refractivity contribution in [3.63, 3.8) is 0 Å². The Morgan fingerprint density at radius 2 is 1.94 bits per heavy atom. The van der Waals surface area contributed by atoms with Crippen molar-refractivity contribution >= 4 is 5.97 Å². The summed E-state index contributed by atoms with van der Waals surface area (Å²) in [6, 6.07) is 0. The average molecular weight is 234 g/mol. The number of hydrogen-bond acceptors (Lipinski definition) is 4. The predicted molar refractivity (Wildman–Crippen MR) is 64.2 cm³/mol. The molecule has 0 rings (SSSR count). The van der Waals surface area contributed by atoms with Crippen molar-refractivity contribution in [3.8, 4) is 0 Å². The summed E-state index contributed by atoms with van der Waals surface area (Å²) in [7, 11) is 0. The molecule has 0 aliphatic carbocycles. The lowest BCUT2D eigenvalue weighted by molar-refractivity contribution is -0.141. The average Bonchev–Trinajstić information content (AvgIpc) is 2.18. The summed E-state index contributed by atoms with van der Waals surface area (Å²) in [6.07, 6.45) is 4.38. The van der Waals surface area contributed by atoms with Crippen LogP contribution in [0.5, 0.6) is 0 Å². The number of unbranched alkanes of at least 4 members (excludes halogenated alkanes) is 2. The molecule has 98 valence electrons. The molecular weight excluding hydrogens is 208 g/mol. The third-order valence-corrected chi connectivity index (χ3v) is 1.83. The molecule has 0 aromatic heterocycles. The maximum atomic E-state index is 10.1. The largest absolute Gasteiger partial charge is 0.466 e. The van der Waals surface area contributed by atoms with E-state index in [0.29, 0.717) is 6.61 Å². The molecule has 0 aliphatic rings. The minimum atomic E-state index is -0.207. The molecule has 0 radical (unpaired) electrons. The lowest BCUT2D eigenvalue weighted by Gasteiger charge is -1.99. The van der Waals surface area contributed by atoms with E-state index in [2.05, 4.69) is 11.7 Å². The van der Waals surface area contributed by atoms with Gasteiger partial charge in [-0.2, -0.15) is 0 Å². The molecule has 1 unspecified atom stereocenters.